The molecule has 3 aromatic rings. The molecule has 0 aliphatic heterocycles. The first-order valence-corrected chi connectivity index (χ1v) is 8.43. The molecule has 0 aliphatic rings. The zero-order chi connectivity index (χ0) is 14.8. The first kappa shape index (κ1) is 14.7. The Labute approximate surface area is 135 Å². The predicted molar refractivity (Wildman–Crippen MR) is 91.4 cm³/mol. The van der Waals surface area contributed by atoms with Crippen LogP contribution in [-0.2, 0) is 6.42 Å². The van der Waals surface area contributed by atoms with Gasteiger partial charge >= 0.3 is 0 Å². The fourth-order valence-electron chi connectivity index (χ4n) is 2.53. The summed E-state index contributed by atoms with van der Waals surface area (Å²) in [5, 5.41) is 6.85. The first-order valence-electron chi connectivity index (χ1n) is 6.76. The van der Waals surface area contributed by atoms with Gasteiger partial charge in [0.25, 0.3) is 0 Å². The molecular weight excluding hydrogens is 349 g/mol. The maximum atomic E-state index is 13.4. The third kappa shape index (κ3) is 3.03. The number of hydrogen-bond acceptors (Lipinski definition) is 2. The van der Waals surface area contributed by atoms with Gasteiger partial charge in [0.2, 0.25) is 0 Å². The van der Waals surface area contributed by atoms with Gasteiger partial charge in [0.1, 0.15) is 5.82 Å². The SMILES string of the molecule is CNC(Cc1csc2ccccc12)c1ccc(F)c(Br)c1. The zero-order valence-corrected chi connectivity index (χ0v) is 14.0. The first-order chi connectivity index (χ1) is 10.2. The van der Waals surface area contributed by atoms with Crippen LogP contribution in [0.2, 0.25) is 0 Å². The van der Waals surface area contributed by atoms with Gasteiger partial charge in [-0.3, -0.25) is 0 Å². The highest BCUT2D eigenvalue weighted by Crippen LogP contribution is 2.30. The average molecular weight is 364 g/mol. The second-order valence-corrected chi connectivity index (χ2v) is 6.74. The van der Waals surface area contributed by atoms with Crippen molar-refractivity contribution >= 4 is 37.4 Å². The van der Waals surface area contributed by atoms with Crippen molar-refractivity contribution in [3.63, 3.8) is 0 Å². The van der Waals surface area contributed by atoms with Crippen LogP contribution in [0.5, 0.6) is 0 Å². The Kier molecular flexibility index (Phi) is 4.38. The van der Waals surface area contributed by atoms with E-state index in [4.69, 9.17) is 0 Å². The van der Waals surface area contributed by atoms with E-state index in [9.17, 15) is 4.39 Å². The normalized spacial score (nSPS) is 12.7. The lowest BCUT2D eigenvalue weighted by molar-refractivity contribution is 0.586. The lowest BCUT2D eigenvalue weighted by Crippen LogP contribution is -2.18. The molecule has 4 heteroatoms. The largest absolute Gasteiger partial charge is 0.313 e. The Morgan fingerprint density at radius 1 is 1.24 bits per heavy atom. The number of thiophene rings is 1. The number of rotatable bonds is 4. The van der Waals surface area contributed by atoms with Gasteiger partial charge in [-0.05, 0) is 69.5 Å². The van der Waals surface area contributed by atoms with E-state index < -0.39 is 0 Å². The molecule has 1 N–H and O–H groups in total. The highest BCUT2D eigenvalue weighted by atomic mass is 79.9. The number of halogens is 2. The number of hydrogen-bond donors (Lipinski definition) is 1. The van der Waals surface area contributed by atoms with E-state index in [0.717, 1.165) is 12.0 Å². The van der Waals surface area contributed by atoms with Gasteiger partial charge in [0, 0.05) is 10.7 Å². The van der Waals surface area contributed by atoms with Gasteiger partial charge in [-0.2, -0.15) is 0 Å². The molecule has 1 unspecified atom stereocenters. The number of likely N-dealkylation sites (N-methyl/N-ethyl adjacent to an activating group) is 1. The van der Waals surface area contributed by atoms with E-state index in [1.165, 1.54) is 21.7 Å². The van der Waals surface area contributed by atoms with Gasteiger partial charge in [0.05, 0.1) is 4.47 Å². The molecule has 2 aromatic carbocycles. The Morgan fingerprint density at radius 3 is 2.81 bits per heavy atom. The number of fused-ring (bicyclic) bond motifs is 1. The summed E-state index contributed by atoms with van der Waals surface area (Å²) in [6.07, 6.45) is 0.887. The van der Waals surface area contributed by atoms with E-state index in [1.54, 1.807) is 11.3 Å². The second kappa shape index (κ2) is 6.26. The molecule has 0 spiro atoms. The molecule has 21 heavy (non-hydrogen) atoms. The van der Waals surface area contributed by atoms with Crippen molar-refractivity contribution < 1.29 is 4.39 Å². The molecule has 0 saturated heterocycles. The smallest absolute Gasteiger partial charge is 0.137 e. The highest BCUT2D eigenvalue weighted by Gasteiger charge is 2.14. The average Bonchev–Trinajstić information content (AvgIpc) is 2.91. The van der Waals surface area contributed by atoms with Crippen LogP contribution in [0.15, 0.2) is 52.3 Å². The minimum atomic E-state index is -0.227. The molecule has 1 heterocycles. The molecule has 1 aromatic heterocycles. The fourth-order valence-corrected chi connectivity index (χ4v) is 3.90. The van der Waals surface area contributed by atoms with Crippen molar-refractivity contribution in [1.82, 2.24) is 5.32 Å². The number of nitrogens with one attached hydrogen (secondary N) is 1. The lowest BCUT2D eigenvalue weighted by Gasteiger charge is -2.17. The second-order valence-electron chi connectivity index (χ2n) is 4.98. The minimum absolute atomic E-state index is 0.167. The summed E-state index contributed by atoms with van der Waals surface area (Å²) in [7, 11) is 1.94. The van der Waals surface area contributed by atoms with Crippen LogP contribution in [0, 0.1) is 5.82 Å². The van der Waals surface area contributed by atoms with Crippen molar-refractivity contribution in [3.8, 4) is 0 Å². The zero-order valence-electron chi connectivity index (χ0n) is 11.6. The molecule has 3 rings (SSSR count). The summed E-state index contributed by atoms with van der Waals surface area (Å²) in [5.41, 5.74) is 2.41. The monoisotopic (exact) mass is 363 g/mol. The third-order valence-corrected chi connectivity index (χ3v) is 5.30. The van der Waals surface area contributed by atoms with Crippen molar-refractivity contribution in [1.29, 1.82) is 0 Å². The Morgan fingerprint density at radius 2 is 2.05 bits per heavy atom. The van der Waals surface area contributed by atoms with Crippen LogP contribution in [0.4, 0.5) is 4.39 Å². The van der Waals surface area contributed by atoms with Crippen LogP contribution in [-0.4, -0.2) is 7.05 Å². The molecule has 1 atom stereocenters. The maximum absolute atomic E-state index is 13.4. The van der Waals surface area contributed by atoms with Crippen molar-refractivity contribution in [2.45, 2.75) is 12.5 Å². The van der Waals surface area contributed by atoms with Gasteiger partial charge in [-0.1, -0.05) is 24.3 Å². The van der Waals surface area contributed by atoms with Gasteiger partial charge < -0.3 is 5.32 Å². The molecule has 108 valence electrons. The van der Waals surface area contributed by atoms with Crippen molar-refractivity contribution in [2.24, 2.45) is 0 Å². The van der Waals surface area contributed by atoms with Crippen LogP contribution >= 0.6 is 27.3 Å². The summed E-state index contributed by atoms with van der Waals surface area (Å²) >= 11 is 5.03. The van der Waals surface area contributed by atoms with Gasteiger partial charge in [-0.15, -0.1) is 11.3 Å². The molecule has 0 fully saturated rings. The van der Waals surface area contributed by atoms with Crippen LogP contribution < -0.4 is 5.32 Å². The van der Waals surface area contributed by atoms with Crippen LogP contribution in [0.3, 0.4) is 0 Å². The molecule has 0 aliphatic carbocycles. The molecule has 0 amide bonds. The Balaban J connectivity index is 1.92. The summed E-state index contributed by atoms with van der Waals surface area (Å²) in [6, 6.07) is 13.8. The molecular formula is C17H15BrFNS. The summed E-state index contributed by atoms with van der Waals surface area (Å²) in [5.74, 6) is -0.227. The Bertz CT molecular complexity index is 768. The predicted octanol–water partition coefficient (Wildman–Crippen LogP) is 5.31. The maximum Gasteiger partial charge on any atom is 0.137 e. The van der Waals surface area contributed by atoms with Gasteiger partial charge in [-0.25, -0.2) is 4.39 Å². The van der Waals surface area contributed by atoms with E-state index in [1.807, 2.05) is 19.2 Å². The topological polar surface area (TPSA) is 12.0 Å². The highest BCUT2D eigenvalue weighted by molar-refractivity contribution is 9.10. The quantitative estimate of drug-likeness (QED) is 0.662. The van der Waals surface area contributed by atoms with E-state index >= 15 is 0 Å². The van der Waals surface area contributed by atoms with E-state index in [2.05, 4.69) is 50.9 Å². The van der Waals surface area contributed by atoms with E-state index in [0.29, 0.717) is 4.47 Å². The molecule has 0 saturated carbocycles. The van der Waals surface area contributed by atoms with Crippen LogP contribution in [0.1, 0.15) is 17.2 Å². The number of benzene rings is 2. The summed E-state index contributed by atoms with van der Waals surface area (Å²) < 4.78 is 15.2. The van der Waals surface area contributed by atoms with Crippen LogP contribution in [0.25, 0.3) is 10.1 Å². The van der Waals surface area contributed by atoms with E-state index in [-0.39, 0.29) is 11.9 Å². The minimum Gasteiger partial charge on any atom is -0.313 e. The summed E-state index contributed by atoms with van der Waals surface area (Å²) in [6.45, 7) is 0. The summed E-state index contributed by atoms with van der Waals surface area (Å²) in [4.78, 5) is 0. The standard InChI is InChI=1S/C17H15BrFNS/c1-20-16(11-6-7-15(19)14(18)8-11)9-12-10-21-17-5-3-2-4-13(12)17/h2-8,10,16,20H,9H2,1H3. The molecule has 0 bridgehead atoms. The Hall–Kier alpha value is -1.23. The molecule has 1 nitrogen and oxygen atoms in total. The van der Waals surface area contributed by atoms with Crippen molar-refractivity contribution in [3.05, 3.63) is 69.3 Å². The third-order valence-electron chi connectivity index (χ3n) is 3.68. The van der Waals surface area contributed by atoms with Gasteiger partial charge in [0.15, 0.2) is 0 Å². The van der Waals surface area contributed by atoms with Crippen molar-refractivity contribution in [2.75, 3.05) is 7.05 Å². The molecule has 0 radical (unpaired) electrons. The lowest BCUT2D eigenvalue weighted by atomic mass is 9.98. The fraction of sp³-hybridized carbons (Fsp3) is 0.176.